The first-order valence-electron chi connectivity index (χ1n) is 8.62. The highest BCUT2D eigenvalue weighted by molar-refractivity contribution is 7.98. The smallest absolute Gasteiger partial charge is 0.257 e. The summed E-state index contributed by atoms with van der Waals surface area (Å²) < 4.78 is 29.6. The molecule has 0 saturated carbocycles. The zero-order valence-corrected chi connectivity index (χ0v) is 19.2. The maximum Gasteiger partial charge on any atom is 0.257 e. The number of carbonyl (C=O) groups excluding carboxylic acids is 1. The highest BCUT2D eigenvalue weighted by Gasteiger charge is 2.11. The first kappa shape index (κ1) is 23.7. The van der Waals surface area contributed by atoms with Crippen LogP contribution in [-0.4, -0.2) is 46.5 Å². The molecule has 0 aromatic heterocycles. The molecule has 1 N–H and O–H groups in total. The molecule has 2 aromatic carbocycles. The van der Waals surface area contributed by atoms with Crippen molar-refractivity contribution in [2.45, 2.75) is 5.75 Å². The number of hydrogen-bond donors (Lipinski definition) is 1. The molecule has 6 nitrogen and oxygen atoms in total. The Kier molecular flexibility index (Phi) is 8.95. The van der Waals surface area contributed by atoms with Crippen LogP contribution in [0.4, 0.5) is 5.69 Å². The van der Waals surface area contributed by atoms with Crippen LogP contribution >= 0.6 is 35.0 Å². The number of halogens is 2. The summed E-state index contributed by atoms with van der Waals surface area (Å²) in [6, 6.07) is 12.0. The Bertz CT molecular complexity index is 938. The highest BCUT2D eigenvalue weighted by Crippen LogP contribution is 2.24. The fraction of sp³-hybridized carbons (Fsp3) is 0.316. The van der Waals surface area contributed by atoms with Crippen molar-refractivity contribution < 1.29 is 17.9 Å². The molecular weight excluding hydrogens is 455 g/mol. The van der Waals surface area contributed by atoms with Crippen LogP contribution in [0.3, 0.4) is 0 Å². The lowest BCUT2D eigenvalue weighted by Gasteiger charge is -2.16. The highest BCUT2D eigenvalue weighted by atomic mass is 35.5. The molecule has 0 spiro atoms. The average Bonchev–Trinajstić information content (AvgIpc) is 2.68. The molecule has 0 aliphatic carbocycles. The minimum atomic E-state index is -3.32. The first-order valence-corrected chi connectivity index (χ1v) is 12.4. The summed E-state index contributed by atoms with van der Waals surface area (Å²) in [6.45, 7) is 0.408. The minimum absolute atomic E-state index is 0.112. The van der Waals surface area contributed by atoms with Gasteiger partial charge in [0.2, 0.25) is 10.0 Å². The van der Waals surface area contributed by atoms with E-state index < -0.39 is 10.0 Å². The van der Waals surface area contributed by atoms with Gasteiger partial charge in [0.1, 0.15) is 5.75 Å². The van der Waals surface area contributed by atoms with Crippen molar-refractivity contribution >= 4 is 56.6 Å². The summed E-state index contributed by atoms with van der Waals surface area (Å²) in [6.07, 6.45) is 1.13. The zero-order chi connectivity index (χ0) is 21.4. The lowest BCUT2D eigenvalue weighted by atomic mass is 10.2. The van der Waals surface area contributed by atoms with E-state index in [2.05, 4.69) is 5.32 Å². The predicted octanol–water partition coefficient (Wildman–Crippen LogP) is 3.82. The van der Waals surface area contributed by atoms with Crippen LogP contribution in [0.2, 0.25) is 10.0 Å². The Morgan fingerprint density at radius 2 is 1.83 bits per heavy atom. The zero-order valence-electron chi connectivity index (χ0n) is 16.0. The second-order valence-electron chi connectivity index (χ2n) is 6.16. The molecule has 0 bridgehead atoms. The number of ether oxygens (including phenoxy) is 1. The van der Waals surface area contributed by atoms with Crippen molar-refractivity contribution in [3.05, 3.63) is 58.1 Å². The normalized spacial score (nSPS) is 11.2. The van der Waals surface area contributed by atoms with Gasteiger partial charge in [0, 0.05) is 25.1 Å². The van der Waals surface area contributed by atoms with Gasteiger partial charge in [-0.2, -0.15) is 11.8 Å². The predicted molar refractivity (Wildman–Crippen MR) is 121 cm³/mol. The van der Waals surface area contributed by atoms with Gasteiger partial charge in [0.05, 0.1) is 22.0 Å². The number of benzene rings is 2. The SMILES string of the molecule is CN(c1ccc(OCC(=O)NCCSCc2ccc(Cl)c(Cl)c2)cc1)S(C)(=O)=O. The molecule has 1 amide bonds. The van der Waals surface area contributed by atoms with Crippen molar-refractivity contribution in [3.63, 3.8) is 0 Å². The fourth-order valence-electron chi connectivity index (χ4n) is 2.23. The number of nitrogens with zero attached hydrogens (tertiary/aromatic N) is 1. The monoisotopic (exact) mass is 476 g/mol. The van der Waals surface area contributed by atoms with E-state index in [0.29, 0.717) is 28.0 Å². The Morgan fingerprint density at radius 1 is 1.14 bits per heavy atom. The maximum absolute atomic E-state index is 11.9. The van der Waals surface area contributed by atoms with Gasteiger partial charge >= 0.3 is 0 Å². The van der Waals surface area contributed by atoms with Crippen molar-refractivity contribution in [3.8, 4) is 5.75 Å². The number of nitrogens with one attached hydrogen (secondary N) is 1. The van der Waals surface area contributed by atoms with Crippen LogP contribution in [0.1, 0.15) is 5.56 Å². The van der Waals surface area contributed by atoms with Gasteiger partial charge in [-0.15, -0.1) is 0 Å². The van der Waals surface area contributed by atoms with Gasteiger partial charge in [-0.25, -0.2) is 8.42 Å². The minimum Gasteiger partial charge on any atom is -0.484 e. The van der Waals surface area contributed by atoms with Gasteiger partial charge in [-0.3, -0.25) is 9.10 Å². The van der Waals surface area contributed by atoms with Crippen LogP contribution < -0.4 is 14.4 Å². The van der Waals surface area contributed by atoms with E-state index in [4.69, 9.17) is 27.9 Å². The van der Waals surface area contributed by atoms with Gasteiger partial charge in [-0.05, 0) is 42.0 Å². The largest absolute Gasteiger partial charge is 0.484 e. The summed E-state index contributed by atoms with van der Waals surface area (Å²) in [5.74, 6) is 1.79. The number of rotatable bonds is 10. The number of carbonyl (C=O) groups is 1. The van der Waals surface area contributed by atoms with E-state index in [0.717, 1.165) is 23.3 Å². The van der Waals surface area contributed by atoms with Crippen molar-refractivity contribution in [2.75, 3.05) is 36.5 Å². The third-order valence-corrected chi connectivity index (χ3v) is 6.86. The second kappa shape index (κ2) is 11.0. The number of thioether (sulfide) groups is 1. The molecule has 10 heteroatoms. The Labute approximate surface area is 185 Å². The van der Waals surface area contributed by atoms with Crippen molar-refractivity contribution in [2.24, 2.45) is 0 Å². The van der Waals surface area contributed by atoms with Crippen molar-refractivity contribution in [1.82, 2.24) is 5.32 Å². The van der Waals surface area contributed by atoms with Crippen LogP contribution in [0.5, 0.6) is 5.75 Å². The fourth-order valence-corrected chi connectivity index (χ4v) is 3.86. The molecule has 0 heterocycles. The molecule has 0 fully saturated rings. The molecule has 2 aromatic rings. The van der Waals surface area contributed by atoms with Gasteiger partial charge in [0.15, 0.2) is 6.61 Å². The molecule has 0 saturated heterocycles. The first-order chi connectivity index (χ1) is 13.7. The van der Waals surface area contributed by atoms with Crippen LogP contribution in [0.25, 0.3) is 0 Å². The summed E-state index contributed by atoms with van der Waals surface area (Å²) in [5.41, 5.74) is 1.59. The van der Waals surface area contributed by atoms with Gasteiger partial charge < -0.3 is 10.1 Å². The molecule has 0 radical (unpaired) electrons. The molecule has 2 rings (SSSR count). The van der Waals surface area contributed by atoms with E-state index in [1.807, 2.05) is 12.1 Å². The molecule has 0 aliphatic rings. The number of hydrogen-bond acceptors (Lipinski definition) is 5. The molecule has 29 heavy (non-hydrogen) atoms. The van der Waals surface area contributed by atoms with E-state index in [-0.39, 0.29) is 12.5 Å². The van der Waals surface area contributed by atoms with Gasteiger partial charge in [-0.1, -0.05) is 29.3 Å². The lowest BCUT2D eigenvalue weighted by molar-refractivity contribution is -0.122. The molecule has 158 valence electrons. The summed E-state index contributed by atoms with van der Waals surface area (Å²) >= 11 is 13.5. The van der Waals surface area contributed by atoms with Crippen LogP contribution in [-0.2, 0) is 20.6 Å². The maximum atomic E-state index is 11.9. The van der Waals surface area contributed by atoms with Gasteiger partial charge in [0.25, 0.3) is 5.91 Å². The Balaban J connectivity index is 1.66. The molecule has 0 atom stereocenters. The standard InChI is InChI=1S/C19H22Cl2N2O4S2/c1-23(29(2,25)26)15-4-6-16(7-5-15)27-12-19(24)22-9-10-28-13-14-3-8-17(20)18(21)11-14/h3-8,11H,9-10,12-13H2,1-2H3,(H,22,24). The van der Waals surface area contributed by atoms with E-state index in [1.165, 1.54) is 11.4 Å². The molecule has 0 aliphatic heterocycles. The summed E-state index contributed by atoms with van der Waals surface area (Å²) in [7, 11) is -1.85. The quantitative estimate of drug-likeness (QED) is 0.527. The van der Waals surface area contributed by atoms with E-state index in [9.17, 15) is 13.2 Å². The van der Waals surface area contributed by atoms with Crippen LogP contribution in [0, 0.1) is 0 Å². The summed E-state index contributed by atoms with van der Waals surface area (Å²) in [5, 5.41) is 3.86. The van der Waals surface area contributed by atoms with Crippen LogP contribution in [0.15, 0.2) is 42.5 Å². The Morgan fingerprint density at radius 3 is 2.45 bits per heavy atom. The number of sulfonamides is 1. The van der Waals surface area contributed by atoms with E-state index in [1.54, 1.807) is 42.1 Å². The third kappa shape index (κ3) is 7.97. The van der Waals surface area contributed by atoms with Crippen molar-refractivity contribution in [1.29, 1.82) is 0 Å². The second-order valence-corrected chi connectivity index (χ2v) is 10.1. The number of amides is 1. The lowest BCUT2D eigenvalue weighted by Crippen LogP contribution is -2.30. The number of anilines is 1. The topological polar surface area (TPSA) is 75.7 Å². The van der Waals surface area contributed by atoms with E-state index >= 15 is 0 Å². The molecule has 0 unspecified atom stereocenters. The Hall–Kier alpha value is -1.61. The average molecular weight is 477 g/mol. The summed E-state index contributed by atoms with van der Waals surface area (Å²) in [4.78, 5) is 11.9. The third-order valence-electron chi connectivity index (χ3n) is 3.89. The molecular formula is C19H22Cl2N2O4S2.